The van der Waals surface area contributed by atoms with Gasteiger partial charge in [0.25, 0.3) is 0 Å². The Labute approximate surface area is 62.5 Å². The maximum Gasteiger partial charge on any atom is 0.160 e. The predicted molar refractivity (Wildman–Crippen MR) is 39.8 cm³/mol. The minimum Gasteiger partial charge on any atom is -0.353 e. The molecule has 0 aromatic heterocycles. The molecule has 1 aliphatic heterocycles. The summed E-state index contributed by atoms with van der Waals surface area (Å²) in [4.78, 5) is 0. The van der Waals surface area contributed by atoms with E-state index in [1.54, 1.807) is 0 Å². The molecule has 1 saturated heterocycles. The molecule has 1 rings (SSSR count). The topological polar surface area (TPSA) is 18.5 Å². The van der Waals surface area contributed by atoms with Crippen LogP contribution in [0.2, 0.25) is 0 Å². The van der Waals surface area contributed by atoms with Crippen molar-refractivity contribution in [1.29, 1.82) is 0 Å². The number of hydrogen-bond donors (Lipinski definition) is 0. The summed E-state index contributed by atoms with van der Waals surface area (Å²) in [7, 11) is 0. The van der Waals surface area contributed by atoms with Crippen LogP contribution in [0.4, 0.5) is 0 Å². The van der Waals surface area contributed by atoms with Gasteiger partial charge in [-0.25, -0.2) is 0 Å². The quantitative estimate of drug-likeness (QED) is 0.600. The molecule has 1 fully saturated rings. The van der Waals surface area contributed by atoms with E-state index in [0.29, 0.717) is 6.10 Å². The molecule has 0 bridgehead atoms. The van der Waals surface area contributed by atoms with Gasteiger partial charge >= 0.3 is 0 Å². The van der Waals surface area contributed by atoms with E-state index in [2.05, 4.69) is 13.8 Å². The van der Waals surface area contributed by atoms with Crippen molar-refractivity contribution >= 4 is 0 Å². The van der Waals surface area contributed by atoms with Crippen LogP contribution in [0.3, 0.4) is 0 Å². The molecule has 0 radical (unpaired) electrons. The number of hydrogen-bond acceptors (Lipinski definition) is 2. The standard InChI is InChI=1S/C8H16O2/c1-3-5-9-8-6-7(4-2)10-8/h7-8H,3-6H2,1-2H3. The van der Waals surface area contributed by atoms with Crippen LogP contribution in [0.1, 0.15) is 33.1 Å². The van der Waals surface area contributed by atoms with E-state index in [1.165, 1.54) is 0 Å². The highest BCUT2D eigenvalue weighted by Crippen LogP contribution is 2.23. The highest BCUT2D eigenvalue weighted by Gasteiger charge is 2.28. The maximum atomic E-state index is 5.37. The van der Waals surface area contributed by atoms with Crippen LogP contribution in [-0.4, -0.2) is 19.0 Å². The Bertz CT molecular complexity index is 84.5. The second kappa shape index (κ2) is 3.94. The van der Waals surface area contributed by atoms with E-state index in [-0.39, 0.29) is 6.29 Å². The van der Waals surface area contributed by atoms with Crippen molar-refractivity contribution in [2.75, 3.05) is 6.61 Å². The van der Waals surface area contributed by atoms with Crippen LogP contribution in [0.5, 0.6) is 0 Å². The molecule has 2 unspecified atom stereocenters. The van der Waals surface area contributed by atoms with Crippen molar-refractivity contribution < 1.29 is 9.47 Å². The Balaban J connectivity index is 1.93. The molecular weight excluding hydrogens is 128 g/mol. The van der Waals surface area contributed by atoms with Gasteiger partial charge in [-0.05, 0) is 12.8 Å². The summed E-state index contributed by atoms with van der Waals surface area (Å²) < 4.78 is 10.7. The average Bonchev–Trinajstić information content (AvgIpc) is 1.86. The van der Waals surface area contributed by atoms with Gasteiger partial charge in [-0.3, -0.25) is 0 Å². The Morgan fingerprint density at radius 3 is 2.70 bits per heavy atom. The minimum absolute atomic E-state index is 0.116. The summed E-state index contributed by atoms with van der Waals surface area (Å²) in [5.41, 5.74) is 0. The third-order valence-electron chi connectivity index (χ3n) is 1.76. The first-order valence-corrected chi connectivity index (χ1v) is 4.13. The second-order valence-electron chi connectivity index (χ2n) is 2.70. The van der Waals surface area contributed by atoms with Crippen LogP contribution >= 0.6 is 0 Å². The van der Waals surface area contributed by atoms with Crippen molar-refractivity contribution in [2.24, 2.45) is 0 Å². The van der Waals surface area contributed by atoms with Gasteiger partial charge < -0.3 is 9.47 Å². The van der Waals surface area contributed by atoms with Crippen LogP contribution in [0.15, 0.2) is 0 Å². The number of rotatable bonds is 4. The second-order valence-corrected chi connectivity index (χ2v) is 2.70. The van der Waals surface area contributed by atoms with Gasteiger partial charge in [0.2, 0.25) is 0 Å². The normalized spacial score (nSPS) is 31.8. The fourth-order valence-corrected chi connectivity index (χ4v) is 1.04. The Kier molecular flexibility index (Phi) is 3.16. The molecule has 2 atom stereocenters. The zero-order valence-electron chi connectivity index (χ0n) is 6.80. The smallest absolute Gasteiger partial charge is 0.160 e. The fourth-order valence-electron chi connectivity index (χ4n) is 1.04. The van der Waals surface area contributed by atoms with Crippen molar-refractivity contribution in [3.05, 3.63) is 0 Å². The highest BCUT2D eigenvalue weighted by molar-refractivity contribution is 4.68. The van der Waals surface area contributed by atoms with Crippen LogP contribution in [-0.2, 0) is 9.47 Å². The molecule has 0 aliphatic carbocycles. The SMILES string of the molecule is CCCOC1CC(CC)O1. The first-order chi connectivity index (χ1) is 4.86. The first-order valence-electron chi connectivity index (χ1n) is 4.13. The van der Waals surface area contributed by atoms with E-state index in [0.717, 1.165) is 25.9 Å². The lowest BCUT2D eigenvalue weighted by Crippen LogP contribution is -2.38. The number of ether oxygens (including phenoxy) is 2. The van der Waals surface area contributed by atoms with E-state index < -0.39 is 0 Å². The van der Waals surface area contributed by atoms with E-state index in [4.69, 9.17) is 9.47 Å². The van der Waals surface area contributed by atoms with Crippen molar-refractivity contribution in [1.82, 2.24) is 0 Å². The lowest BCUT2D eigenvalue weighted by Gasteiger charge is -2.34. The van der Waals surface area contributed by atoms with Crippen molar-refractivity contribution in [3.63, 3.8) is 0 Å². The minimum atomic E-state index is 0.116. The molecule has 0 aromatic rings. The molecule has 0 N–H and O–H groups in total. The summed E-state index contributed by atoms with van der Waals surface area (Å²) in [6, 6.07) is 0. The average molecular weight is 144 g/mol. The third-order valence-corrected chi connectivity index (χ3v) is 1.76. The third kappa shape index (κ3) is 1.96. The van der Waals surface area contributed by atoms with Gasteiger partial charge in [0.15, 0.2) is 6.29 Å². The summed E-state index contributed by atoms with van der Waals surface area (Å²) >= 11 is 0. The van der Waals surface area contributed by atoms with Gasteiger partial charge in [0.1, 0.15) is 0 Å². The zero-order chi connectivity index (χ0) is 7.40. The van der Waals surface area contributed by atoms with Gasteiger partial charge in [0, 0.05) is 13.0 Å². The van der Waals surface area contributed by atoms with Gasteiger partial charge in [-0.2, -0.15) is 0 Å². The Morgan fingerprint density at radius 1 is 1.50 bits per heavy atom. The monoisotopic (exact) mass is 144 g/mol. The lowest BCUT2D eigenvalue weighted by molar-refractivity contribution is -0.256. The summed E-state index contributed by atoms with van der Waals surface area (Å²) in [6.45, 7) is 5.08. The van der Waals surface area contributed by atoms with E-state index >= 15 is 0 Å². The van der Waals surface area contributed by atoms with Crippen molar-refractivity contribution in [2.45, 2.75) is 45.5 Å². The Morgan fingerprint density at radius 2 is 2.20 bits per heavy atom. The van der Waals surface area contributed by atoms with E-state index in [1.807, 2.05) is 0 Å². The Hall–Kier alpha value is -0.0800. The van der Waals surface area contributed by atoms with Crippen molar-refractivity contribution in [3.8, 4) is 0 Å². The van der Waals surface area contributed by atoms with Gasteiger partial charge in [-0.15, -0.1) is 0 Å². The molecule has 0 saturated carbocycles. The molecule has 0 aromatic carbocycles. The fraction of sp³-hybridized carbons (Fsp3) is 1.00. The van der Waals surface area contributed by atoms with Crippen LogP contribution in [0.25, 0.3) is 0 Å². The predicted octanol–water partition coefficient (Wildman–Crippen LogP) is 1.94. The highest BCUT2D eigenvalue weighted by atomic mass is 16.7. The van der Waals surface area contributed by atoms with Crippen LogP contribution < -0.4 is 0 Å². The van der Waals surface area contributed by atoms with Gasteiger partial charge in [0.05, 0.1) is 6.10 Å². The molecule has 2 nitrogen and oxygen atoms in total. The molecule has 2 heteroatoms. The molecule has 0 spiro atoms. The largest absolute Gasteiger partial charge is 0.353 e. The molecule has 1 heterocycles. The molecule has 10 heavy (non-hydrogen) atoms. The molecule has 60 valence electrons. The molecule has 1 aliphatic rings. The molecule has 0 amide bonds. The van der Waals surface area contributed by atoms with Gasteiger partial charge in [-0.1, -0.05) is 13.8 Å². The maximum absolute atomic E-state index is 5.37. The van der Waals surface area contributed by atoms with Crippen LogP contribution in [0, 0.1) is 0 Å². The zero-order valence-corrected chi connectivity index (χ0v) is 6.80. The van der Waals surface area contributed by atoms with E-state index in [9.17, 15) is 0 Å². The summed E-state index contributed by atoms with van der Waals surface area (Å²) in [5, 5.41) is 0. The lowest BCUT2D eigenvalue weighted by atomic mass is 10.1. The summed E-state index contributed by atoms with van der Waals surface area (Å²) in [5.74, 6) is 0. The summed E-state index contributed by atoms with van der Waals surface area (Å²) in [6.07, 6.45) is 3.88. The molecular formula is C8H16O2. The first kappa shape index (κ1) is 8.02.